The van der Waals surface area contributed by atoms with Crippen LogP contribution in [0.3, 0.4) is 0 Å². The molecule has 1 aliphatic heterocycles. The molecule has 5 heteroatoms. The molecule has 1 amide bonds. The lowest BCUT2D eigenvalue weighted by Gasteiger charge is -2.31. The number of ether oxygens (including phenoxy) is 1. The summed E-state index contributed by atoms with van der Waals surface area (Å²) in [6, 6.07) is 12.2. The molecule has 0 spiro atoms. The average molecular weight is 392 g/mol. The van der Waals surface area contributed by atoms with Gasteiger partial charge in [-0.3, -0.25) is 4.79 Å². The van der Waals surface area contributed by atoms with Crippen molar-refractivity contribution >= 4 is 11.6 Å². The first-order valence-corrected chi connectivity index (χ1v) is 10.4. The lowest BCUT2D eigenvalue weighted by Crippen LogP contribution is -2.38. The van der Waals surface area contributed by atoms with Gasteiger partial charge < -0.3 is 14.0 Å². The predicted octanol–water partition coefficient (Wildman–Crippen LogP) is 4.43. The number of imidazole rings is 1. The third-order valence-corrected chi connectivity index (χ3v) is 6.07. The molecule has 3 aromatic rings. The van der Waals surface area contributed by atoms with Crippen molar-refractivity contribution in [2.24, 2.45) is 5.92 Å². The first kappa shape index (κ1) is 19.5. The van der Waals surface area contributed by atoms with Gasteiger partial charge in [-0.2, -0.15) is 0 Å². The number of benzene rings is 1. The second-order valence-electron chi connectivity index (χ2n) is 8.21. The minimum absolute atomic E-state index is 0.0744. The van der Waals surface area contributed by atoms with Crippen molar-refractivity contribution in [3.05, 3.63) is 65.6 Å². The Morgan fingerprint density at radius 1 is 1.24 bits per heavy atom. The van der Waals surface area contributed by atoms with Gasteiger partial charge in [0.05, 0.1) is 12.8 Å². The zero-order valence-corrected chi connectivity index (χ0v) is 17.5. The summed E-state index contributed by atoms with van der Waals surface area (Å²) in [6.07, 6.45) is 6.57. The summed E-state index contributed by atoms with van der Waals surface area (Å²) in [7, 11) is 1.67. The minimum Gasteiger partial charge on any atom is -0.497 e. The molecule has 3 heterocycles. The highest BCUT2D eigenvalue weighted by molar-refractivity contribution is 5.78. The Bertz CT molecular complexity index is 1000. The van der Waals surface area contributed by atoms with Crippen molar-refractivity contribution in [2.45, 2.75) is 39.0 Å². The van der Waals surface area contributed by atoms with Crippen molar-refractivity contribution in [1.82, 2.24) is 14.3 Å². The smallest absolute Gasteiger partial charge is 0.223 e. The highest BCUT2D eigenvalue weighted by atomic mass is 16.5. The molecule has 0 radical (unpaired) electrons. The maximum Gasteiger partial charge on any atom is 0.223 e. The van der Waals surface area contributed by atoms with Crippen LogP contribution >= 0.6 is 0 Å². The number of likely N-dealkylation sites (tertiary alicyclic amines) is 1. The molecular weight excluding hydrogens is 362 g/mol. The molecule has 0 saturated carbocycles. The maximum absolute atomic E-state index is 13.2. The molecule has 1 aliphatic rings. The standard InChI is InChI=1S/C24H29N3O2/c1-17-7-10-26(11-8-17)24(28)15-21(19-5-4-6-20(14-19)29-3)22-16-25-23-13-18(2)9-12-27(22)23/h4-6,9,12-14,16-17,21H,7-8,10-11,15H2,1-3H3/t21-/m0/s1. The van der Waals surface area contributed by atoms with Gasteiger partial charge in [-0.05, 0) is 61.1 Å². The largest absolute Gasteiger partial charge is 0.497 e. The third-order valence-electron chi connectivity index (χ3n) is 6.07. The van der Waals surface area contributed by atoms with Gasteiger partial charge in [-0.15, -0.1) is 0 Å². The Balaban J connectivity index is 1.69. The molecule has 29 heavy (non-hydrogen) atoms. The Hall–Kier alpha value is -2.82. The topological polar surface area (TPSA) is 46.8 Å². The molecule has 1 atom stereocenters. The van der Waals surface area contributed by atoms with Crippen LogP contribution in [0.5, 0.6) is 5.75 Å². The van der Waals surface area contributed by atoms with Gasteiger partial charge in [0, 0.05) is 37.8 Å². The van der Waals surface area contributed by atoms with Crippen LogP contribution in [0.4, 0.5) is 0 Å². The molecule has 2 aromatic heterocycles. The Labute approximate surface area is 172 Å². The Morgan fingerprint density at radius 3 is 2.79 bits per heavy atom. The zero-order valence-electron chi connectivity index (χ0n) is 17.5. The van der Waals surface area contributed by atoms with E-state index in [0.717, 1.165) is 48.6 Å². The van der Waals surface area contributed by atoms with Crippen LogP contribution < -0.4 is 4.74 Å². The summed E-state index contributed by atoms with van der Waals surface area (Å²) in [4.78, 5) is 19.8. The van der Waals surface area contributed by atoms with Crippen molar-refractivity contribution in [2.75, 3.05) is 20.2 Å². The number of carbonyl (C=O) groups excluding carboxylic acids is 1. The van der Waals surface area contributed by atoms with Crippen molar-refractivity contribution < 1.29 is 9.53 Å². The molecule has 0 N–H and O–H groups in total. The maximum atomic E-state index is 13.2. The van der Waals surface area contributed by atoms with E-state index in [1.54, 1.807) is 7.11 Å². The number of fused-ring (bicyclic) bond motifs is 1. The first-order valence-electron chi connectivity index (χ1n) is 10.4. The summed E-state index contributed by atoms with van der Waals surface area (Å²) in [5.74, 6) is 1.65. The predicted molar refractivity (Wildman–Crippen MR) is 114 cm³/mol. The number of amides is 1. The number of aryl methyl sites for hydroxylation is 1. The van der Waals surface area contributed by atoms with Crippen LogP contribution in [-0.4, -0.2) is 40.4 Å². The quantitative estimate of drug-likeness (QED) is 0.646. The van der Waals surface area contributed by atoms with E-state index in [4.69, 9.17) is 4.74 Å². The molecule has 4 rings (SSSR count). The second kappa shape index (κ2) is 8.27. The van der Waals surface area contributed by atoms with E-state index in [2.05, 4.69) is 41.4 Å². The van der Waals surface area contributed by atoms with E-state index in [0.29, 0.717) is 12.3 Å². The summed E-state index contributed by atoms with van der Waals surface area (Å²) in [5.41, 5.74) is 4.19. The summed E-state index contributed by atoms with van der Waals surface area (Å²) < 4.78 is 7.54. The van der Waals surface area contributed by atoms with Gasteiger partial charge in [0.2, 0.25) is 5.91 Å². The van der Waals surface area contributed by atoms with Gasteiger partial charge in [0.1, 0.15) is 11.4 Å². The van der Waals surface area contributed by atoms with Gasteiger partial charge in [-0.1, -0.05) is 19.1 Å². The van der Waals surface area contributed by atoms with E-state index in [9.17, 15) is 4.79 Å². The van der Waals surface area contributed by atoms with Crippen LogP contribution in [0.1, 0.15) is 48.9 Å². The molecule has 1 aromatic carbocycles. The van der Waals surface area contributed by atoms with E-state index in [1.807, 2.05) is 35.5 Å². The lowest BCUT2D eigenvalue weighted by molar-refractivity contribution is -0.132. The average Bonchev–Trinajstić information content (AvgIpc) is 3.15. The lowest BCUT2D eigenvalue weighted by atomic mass is 9.91. The highest BCUT2D eigenvalue weighted by Gasteiger charge is 2.27. The number of methoxy groups -OCH3 is 1. The zero-order chi connectivity index (χ0) is 20.4. The van der Waals surface area contributed by atoms with Crippen molar-refractivity contribution in [1.29, 1.82) is 0 Å². The van der Waals surface area contributed by atoms with Crippen molar-refractivity contribution in [3.63, 3.8) is 0 Å². The van der Waals surface area contributed by atoms with Crippen molar-refractivity contribution in [3.8, 4) is 5.75 Å². The summed E-state index contributed by atoms with van der Waals surface area (Å²) in [5, 5.41) is 0. The van der Waals surface area contributed by atoms with Crippen LogP contribution in [0, 0.1) is 12.8 Å². The van der Waals surface area contributed by atoms with E-state index in [-0.39, 0.29) is 11.8 Å². The first-order chi connectivity index (χ1) is 14.0. The van der Waals surface area contributed by atoms with Gasteiger partial charge >= 0.3 is 0 Å². The number of hydrogen-bond donors (Lipinski definition) is 0. The summed E-state index contributed by atoms with van der Waals surface area (Å²) >= 11 is 0. The SMILES string of the molecule is COc1cccc([C@H](CC(=O)N2CCC(C)CC2)c2cnc3cc(C)ccn23)c1. The molecule has 152 valence electrons. The number of hydrogen-bond acceptors (Lipinski definition) is 3. The molecule has 0 bridgehead atoms. The molecule has 5 nitrogen and oxygen atoms in total. The molecule has 0 unspecified atom stereocenters. The fourth-order valence-corrected chi connectivity index (χ4v) is 4.17. The van der Waals surface area contributed by atoms with E-state index >= 15 is 0 Å². The minimum atomic E-state index is -0.0744. The second-order valence-corrected chi connectivity index (χ2v) is 8.21. The monoisotopic (exact) mass is 391 g/mol. The van der Waals surface area contributed by atoms with Gasteiger partial charge in [-0.25, -0.2) is 4.98 Å². The number of piperidine rings is 1. The molecule has 1 fully saturated rings. The number of rotatable bonds is 5. The molecule has 0 aliphatic carbocycles. The normalized spacial score (nSPS) is 16.2. The Morgan fingerprint density at radius 2 is 2.03 bits per heavy atom. The fraction of sp³-hybridized carbons (Fsp3) is 0.417. The van der Waals surface area contributed by atoms with E-state index < -0.39 is 0 Å². The summed E-state index contributed by atoms with van der Waals surface area (Å²) in [6.45, 7) is 6.05. The van der Waals surface area contributed by atoms with Crippen LogP contribution in [0.2, 0.25) is 0 Å². The number of carbonyl (C=O) groups is 1. The Kier molecular flexibility index (Phi) is 5.56. The van der Waals surface area contributed by atoms with Crippen LogP contribution in [0.15, 0.2) is 48.8 Å². The number of pyridine rings is 1. The third kappa shape index (κ3) is 4.14. The van der Waals surface area contributed by atoms with Crippen LogP contribution in [-0.2, 0) is 4.79 Å². The number of aromatic nitrogens is 2. The highest BCUT2D eigenvalue weighted by Crippen LogP contribution is 2.32. The fourth-order valence-electron chi connectivity index (χ4n) is 4.17. The molecular formula is C24H29N3O2. The van der Waals surface area contributed by atoms with Crippen LogP contribution in [0.25, 0.3) is 5.65 Å². The van der Waals surface area contributed by atoms with E-state index in [1.165, 1.54) is 5.56 Å². The van der Waals surface area contributed by atoms with Gasteiger partial charge in [0.15, 0.2) is 0 Å². The molecule has 1 saturated heterocycles. The number of nitrogens with zero attached hydrogens (tertiary/aromatic N) is 3. The van der Waals surface area contributed by atoms with Gasteiger partial charge in [0.25, 0.3) is 0 Å².